The number of carbonyl (C=O) groups excluding carboxylic acids is 2. The summed E-state index contributed by atoms with van der Waals surface area (Å²) in [6.45, 7) is 0. The van der Waals surface area contributed by atoms with E-state index in [0.717, 1.165) is 17.4 Å². The first-order valence-electron chi connectivity index (χ1n) is 11.7. The van der Waals surface area contributed by atoms with Gasteiger partial charge in [0.25, 0.3) is 0 Å². The number of benzene rings is 4. The smallest absolute Gasteiger partial charge is 0.233 e. The maximum absolute atomic E-state index is 12.8. The summed E-state index contributed by atoms with van der Waals surface area (Å²) in [6.07, 6.45) is 2.18. The van der Waals surface area contributed by atoms with Crippen molar-refractivity contribution in [3.63, 3.8) is 0 Å². The number of hydrogen-bond donors (Lipinski definition) is 0. The van der Waals surface area contributed by atoms with Crippen LogP contribution in [0.15, 0.2) is 115 Å². The molecule has 0 N–H and O–H groups in total. The molecule has 0 spiro atoms. The van der Waals surface area contributed by atoms with Crippen molar-refractivity contribution in [1.82, 2.24) is 0 Å². The van der Waals surface area contributed by atoms with Gasteiger partial charge in [0.15, 0.2) is 0 Å². The first-order valence-corrected chi connectivity index (χ1v) is 13.7. The lowest BCUT2D eigenvalue weighted by atomic mass is 10.1. The number of nitrogens with zero attached hydrogens (tertiary/aromatic N) is 1. The van der Waals surface area contributed by atoms with E-state index in [9.17, 15) is 9.59 Å². The largest absolute Gasteiger partial charge is 0.274 e. The van der Waals surface area contributed by atoms with Crippen LogP contribution in [0.5, 0.6) is 0 Å². The quantitative estimate of drug-likeness (QED) is 0.290. The van der Waals surface area contributed by atoms with Crippen molar-refractivity contribution in [1.29, 1.82) is 0 Å². The number of amides is 2. The second-order valence-electron chi connectivity index (χ2n) is 8.58. The second-order valence-corrected chi connectivity index (χ2v) is 12.1. The highest BCUT2D eigenvalue weighted by atomic mass is 31.2. The summed E-state index contributed by atoms with van der Waals surface area (Å²) >= 11 is 0. The number of imide groups is 1. The minimum Gasteiger partial charge on any atom is -0.274 e. The molecule has 1 aliphatic heterocycles. The maximum Gasteiger partial charge on any atom is 0.233 e. The summed E-state index contributed by atoms with van der Waals surface area (Å²) in [5.74, 6) is -0.210. The highest BCUT2D eigenvalue weighted by Gasteiger charge is 2.46. The Labute approximate surface area is 201 Å². The molecule has 34 heavy (non-hydrogen) atoms. The molecule has 0 radical (unpaired) electrons. The minimum absolute atomic E-state index is 0.105. The third kappa shape index (κ3) is 4.08. The van der Waals surface area contributed by atoms with Gasteiger partial charge in [-0.25, -0.2) is 0 Å². The molecular formula is C30H27NO2P+. The van der Waals surface area contributed by atoms with E-state index in [1.165, 1.54) is 20.8 Å². The first kappa shape index (κ1) is 22.3. The maximum atomic E-state index is 12.8. The number of rotatable bonds is 6. The van der Waals surface area contributed by atoms with Gasteiger partial charge >= 0.3 is 0 Å². The molecule has 1 fully saturated rings. The Morgan fingerprint density at radius 3 is 1.44 bits per heavy atom. The minimum atomic E-state index is -2.14. The zero-order valence-electron chi connectivity index (χ0n) is 19.0. The van der Waals surface area contributed by atoms with Crippen LogP contribution in [0.3, 0.4) is 0 Å². The Bertz CT molecular complexity index is 1180. The topological polar surface area (TPSA) is 37.4 Å². The van der Waals surface area contributed by atoms with Crippen LogP contribution < -0.4 is 20.8 Å². The van der Waals surface area contributed by atoms with E-state index >= 15 is 0 Å². The fourth-order valence-corrected chi connectivity index (χ4v) is 9.17. The normalized spacial score (nSPS) is 14.3. The number of hydrogen-bond acceptors (Lipinski definition) is 2. The standard InChI is InChI=1S/C30H27NO2P/c32-29-21-12-22-30(33)31(29)28-20-11-10-13-24(28)23-34(25-14-4-1-5-15-25,26-16-6-2-7-17-26)27-18-8-3-9-19-27/h1-11,13-20H,12,21-23H2/q+1. The highest BCUT2D eigenvalue weighted by molar-refractivity contribution is 7.95. The summed E-state index contributed by atoms with van der Waals surface area (Å²) < 4.78 is 0. The van der Waals surface area contributed by atoms with Gasteiger partial charge in [-0.15, -0.1) is 0 Å². The molecule has 5 rings (SSSR count). The summed E-state index contributed by atoms with van der Waals surface area (Å²) in [7, 11) is -2.14. The third-order valence-electron chi connectivity index (χ3n) is 6.51. The molecule has 0 unspecified atom stereocenters. The van der Waals surface area contributed by atoms with Crippen molar-refractivity contribution in [2.75, 3.05) is 4.90 Å². The molecule has 168 valence electrons. The molecule has 0 aliphatic carbocycles. The monoisotopic (exact) mass is 464 g/mol. The SMILES string of the molecule is O=C1CCCC(=O)N1c1ccccc1C[P+](c1ccccc1)(c1ccccc1)c1ccccc1. The van der Waals surface area contributed by atoms with Crippen LogP contribution in [-0.4, -0.2) is 11.8 Å². The molecule has 0 atom stereocenters. The van der Waals surface area contributed by atoms with E-state index in [1.54, 1.807) is 0 Å². The van der Waals surface area contributed by atoms with E-state index in [-0.39, 0.29) is 11.8 Å². The lowest BCUT2D eigenvalue weighted by Gasteiger charge is -2.31. The number of carbonyl (C=O) groups is 2. The van der Waals surface area contributed by atoms with Crippen molar-refractivity contribution >= 4 is 40.7 Å². The second kappa shape index (κ2) is 9.75. The predicted octanol–water partition coefficient (Wildman–Crippen LogP) is 5.22. The van der Waals surface area contributed by atoms with Gasteiger partial charge in [0.1, 0.15) is 29.3 Å². The van der Waals surface area contributed by atoms with Gasteiger partial charge < -0.3 is 0 Å². The van der Waals surface area contributed by atoms with Gasteiger partial charge in [0, 0.05) is 18.4 Å². The van der Waals surface area contributed by atoms with E-state index in [0.29, 0.717) is 19.3 Å². The summed E-state index contributed by atoms with van der Waals surface area (Å²) in [5.41, 5.74) is 1.75. The lowest BCUT2D eigenvalue weighted by molar-refractivity contribution is -0.129. The molecule has 1 heterocycles. The Kier molecular flexibility index (Phi) is 6.38. The molecule has 2 amide bonds. The van der Waals surface area contributed by atoms with E-state index in [4.69, 9.17) is 0 Å². The van der Waals surface area contributed by atoms with E-state index in [1.807, 2.05) is 36.4 Å². The number of para-hydroxylation sites is 1. The molecule has 1 aliphatic rings. The molecule has 4 heteroatoms. The number of piperidine rings is 1. The number of anilines is 1. The van der Waals surface area contributed by atoms with Crippen molar-refractivity contribution in [2.45, 2.75) is 25.4 Å². The molecule has 4 aromatic rings. The Hall–Kier alpha value is -3.55. The van der Waals surface area contributed by atoms with Gasteiger partial charge in [-0.3, -0.25) is 14.5 Å². The molecule has 0 saturated carbocycles. The van der Waals surface area contributed by atoms with Crippen LogP contribution >= 0.6 is 7.26 Å². The van der Waals surface area contributed by atoms with E-state index in [2.05, 4.69) is 78.9 Å². The zero-order valence-corrected chi connectivity index (χ0v) is 19.9. The van der Waals surface area contributed by atoms with Crippen LogP contribution in [0, 0.1) is 0 Å². The van der Waals surface area contributed by atoms with Crippen LogP contribution in [0.4, 0.5) is 5.69 Å². The van der Waals surface area contributed by atoms with Crippen LogP contribution in [0.1, 0.15) is 24.8 Å². The molecule has 0 bridgehead atoms. The van der Waals surface area contributed by atoms with Crippen molar-refractivity contribution in [3.05, 3.63) is 121 Å². The van der Waals surface area contributed by atoms with Crippen LogP contribution in [-0.2, 0) is 15.8 Å². The fraction of sp³-hybridized carbons (Fsp3) is 0.133. The van der Waals surface area contributed by atoms with Gasteiger partial charge in [-0.05, 0) is 48.9 Å². The summed E-state index contributed by atoms with van der Waals surface area (Å²) in [6, 6.07) is 39.9. The highest BCUT2D eigenvalue weighted by Crippen LogP contribution is 2.59. The lowest BCUT2D eigenvalue weighted by Crippen LogP contribution is -2.41. The van der Waals surface area contributed by atoms with Gasteiger partial charge in [-0.1, -0.05) is 72.8 Å². The average molecular weight is 465 g/mol. The van der Waals surface area contributed by atoms with Crippen molar-refractivity contribution in [3.8, 4) is 0 Å². The molecular weight excluding hydrogens is 437 g/mol. The molecule has 4 aromatic carbocycles. The van der Waals surface area contributed by atoms with Gasteiger partial charge in [-0.2, -0.15) is 0 Å². The third-order valence-corrected chi connectivity index (χ3v) is 10.9. The Morgan fingerprint density at radius 1 is 0.559 bits per heavy atom. The Morgan fingerprint density at radius 2 is 0.971 bits per heavy atom. The average Bonchev–Trinajstić information content (AvgIpc) is 2.89. The Balaban J connectivity index is 1.74. The zero-order chi connectivity index (χ0) is 23.4. The summed E-state index contributed by atoms with van der Waals surface area (Å²) in [4.78, 5) is 27.1. The fourth-order valence-electron chi connectivity index (χ4n) is 4.91. The van der Waals surface area contributed by atoms with Gasteiger partial charge in [0.2, 0.25) is 11.8 Å². The van der Waals surface area contributed by atoms with Crippen molar-refractivity contribution < 1.29 is 9.59 Å². The molecule has 3 nitrogen and oxygen atoms in total. The van der Waals surface area contributed by atoms with Gasteiger partial charge in [0.05, 0.1) is 5.69 Å². The van der Waals surface area contributed by atoms with E-state index < -0.39 is 7.26 Å². The molecule has 1 saturated heterocycles. The van der Waals surface area contributed by atoms with Crippen LogP contribution in [0.2, 0.25) is 0 Å². The van der Waals surface area contributed by atoms with Crippen LogP contribution in [0.25, 0.3) is 0 Å². The van der Waals surface area contributed by atoms with Crippen molar-refractivity contribution in [2.24, 2.45) is 0 Å². The molecule has 0 aromatic heterocycles. The summed E-state index contributed by atoms with van der Waals surface area (Å²) in [5, 5.41) is 3.83. The predicted molar refractivity (Wildman–Crippen MR) is 142 cm³/mol. The first-order chi connectivity index (χ1) is 16.7.